The molecule has 0 atom stereocenters. The number of nitrogens with zero attached hydrogens (tertiary/aromatic N) is 2. The van der Waals surface area contributed by atoms with Gasteiger partial charge >= 0.3 is 0 Å². The van der Waals surface area contributed by atoms with Gasteiger partial charge in [-0.25, -0.2) is 0 Å². The van der Waals surface area contributed by atoms with Crippen LogP contribution in [0.25, 0.3) is 0 Å². The van der Waals surface area contributed by atoms with E-state index in [1.165, 1.54) is 11.1 Å². The van der Waals surface area contributed by atoms with Crippen LogP contribution >= 0.6 is 0 Å². The van der Waals surface area contributed by atoms with E-state index in [-0.39, 0.29) is 23.0 Å². The second kappa shape index (κ2) is 13.1. The van der Waals surface area contributed by atoms with Gasteiger partial charge in [0.05, 0.1) is 18.7 Å². The lowest BCUT2D eigenvalue weighted by Crippen LogP contribution is -2.46. The van der Waals surface area contributed by atoms with E-state index < -0.39 is 8.32 Å². The lowest BCUT2D eigenvalue weighted by molar-refractivity contribution is -0.124. The Kier molecular flexibility index (Phi) is 10.0. The van der Waals surface area contributed by atoms with Gasteiger partial charge in [-0.3, -0.25) is 4.79 Å². The Labute approximate surface area is 249 Å². The highest BCUT2D eigenvalue weighted by atomic mass is 28.4. The zero-order valence-electron chi connectivity index (χ0n) is 26.3. The summed E-state index contributed by atoms with van der Waals surface area (Å²) < 4.78 is 12.2. The van der Waals surface area contributed by atoms with Gasteiger partial charge in [0.25, 0.3) is 0 Å². The maximum absolute atomic E-state index is 14.1. The Hall–Kier alpha value is -2.62. The highest BCUT2D eigenvalue weighted by Crippen LogP contribution is 2.41. The van der Waals surface area contributed by atoms with E-state index in [1.807, 2.05) is 29.2 Å². The normalized spacial score (nSPS) is 23.5. The standard InChI is InChI=1S/C35H50N2O3Si/c1-25-21-30(17-20-33(25)39-5)28-13-11-26(12-14-28)24-37(31-10-8-9-27(22-31)23-36)34(38)29-15-18-32(19-16-29)40-41(6,7)35(2,3)4/h8-10,17,20-22,26,28-29,32H,11-16,18-19,24H2,1-7H3. The summed E-state index contributed by atoms with van der Waals surface area (Å²) in [5, 5.41) is 9.74. The van der Waals surface area contributed by atoms with Crippen LogP contribution in [-0.2, 0) is 9.22 Å². The van der Waals surface area contributed by atoms with E-state index in [2.05, 4.69) is 65.1 Å². The quantitative estimate of drug-likeness (QED) is 0.296. The Bertz CT molecular complexity index is 1230. The van der Waals surface area contributed by atoms with Gasteiger partial charge in [0, 0.05) is 24.3 Å². The SMILES string of the molecule is COc1ccc(C2CCC(CN(C(=O)C3CCC(O[Si](C)(C)C(C)(C)C)CC3)c3cccc(C#N)c3)CC2)cc1C. The summed E-state index contributed by atoms with van der Waals surface area (Å²) in [7, 11) is -0.103. The van der Waals surface area contributed by atoms with Crippen molar-refractivity contribution in [3.8, 4) is 11.8 Å². The monoisotopic (exact) mass is 574 g/mol. The zero-order valence-corrected chi connectivity index (χ0v) is 27.3. The summed E-state index contributed by atoms with van der Waals surface area (Å²) in [6.45, 7) is 14.3. The summed E-state index contributed by atoms with van der Waals surface area (Å²) in [5.41, 5.74) is 4.05. The van der Waals surface area contributed by atoms with Crippen LogP contribution in [0.1, 0.15) is 94.7 Å². The first-order valence-electron chi connectivity index (χ1n) is 15.6. The molecule has 2 aromatic rings. The Morgan fingerprint density at radius 1 is 1.00 bits per heavy atom. The molecule has 5 nitrogen and oxygen atoms in total. The fraction of sp³-hybridized carbons (Fsp3) is 0.600. The molecule has 222 valence electrons. The van der Waals surface area contributed by atoms with Crippen LogP contribution in [0.3, 0.4) is 0 Å². The average Bonchev–Trinajstić information content (AvgIpc) is 2.95. The Balaban J connectivity index is 1.42. The first-order chi connectivity index (χ1) is 19.4. The van der Waals surface area contributed by atoms with Gasteiger partial charge in [-0.15, -0.1) is 0 Å². The smallest absolute Gasteiger partial charge is 0.230 e. The highest BCUT2D eigenvalue weighted by molar-refractivity contribution is 6.74. The molecule has 4 rings (SSSR count). The molecule has 0 aliphatic heterocycles. The van der Waals surface area contributed by atoms with Crippen LogP contribution in [0.5, 0.6) is 5.75 Å². The number of benzene rings is 2. The van der Waals surface area contributed by atoms with Crippen molar-refractivity contribution in [1.82, 2.24) is 0 Å². The van der Waals surface area contributed by atoms with Crippen molar-refractivity contribution in [1.29, 1.82) is 5.26 Å². The molecule has 0 saturated heterocycles. The Morgan fingerprint density at radius 2 is 1.68 bits per heavy atom. The number of amides is 1. The van der Waals surface area contributed by atoms with Crippen LogP contribution in [-0.4, -0.2) is 34.0 Å². The third kappa shape index (κ3) is 7.61. The van der Waals surface area contributed by atoms with Gasteiger partial charge in [0.1, 0.15) is 5.75 Å². The van der Waals surface area contributed by atoms with Crippen molar-refractivity contribution < 1.29 is 14.0 Å². The number of carbonyl (C=O) groups is 1. The minimum Gasteiger partial charge on any atom is -0.496 e. The predicted octanol–water partition coefficient (Wildman–Crippen LogP) is 8.76. The average molecular weight is 575 g/mol. The number of rotatable bonds is 8. The highest BCUT2D eigenvalue weighted by Gasteiger charge is 2.41. The van der Waals surface area contributed by atoms with Crippen molar-refractivity contribution in [2.75, 3.05) is 18.6 Å². The molecule has 2 aliphatic rings. The van der Waals surface area contributed by atoms with Gasteiger partial charge in [-0.05, 0) is 124 Å². The first-order valence-corrected chi connectivity index (χ1v) is 18.5. The van der Waals surface area contributed by atoms with Crippen molar-refractivity contribution in [3.05, 3.63) is 59.2 Å². The summed E-state index contributed by atoms with van der Waals surface area (Å²) in [6.07, 6.45) is 8.36. The minimum absolute atomic E-state index is 0.0126. The molecular weight excluding hydrogens is 524 g/mol. The molecule has 2 aromatic carbocycles. The molecule has 6 heteroatoms. The molecule has 1 amide bonds. The summed E-state index contributed by atoms with van der Waals surface area (Å²) >= 11 is 0. The van der Waals surface area contributed by atoms with E-state index in [0.29, 0.717) is 17.4 Å². The second-order valence-corrected chi connectivity index (χ2v) is 18.7. The maximum Gasteiger partial charge on any atom is 0.230 e. The molecule has 0 radical (unpaired) electrons. The van der Waals surface area contributed by atoms with E-state index >= 15 is 0 Å². The van der Waals surface area contributed by atoms with Crippen molar-refractivity contribution in [3.63, 3.8) is 0 Å². The Morgan fingerprint density at radius 3 is 2.27 bits per heavy atom. The van der Waals surface area contributed by atoms with Crippen LogP contribution in [0, 0.1) is 30.1 Å². The van der Waals surface area contributed by atoms with Crippen molar-refractivity contribution in [2.24, 2.45) is 11.8 Å². The van der Waals surface area contributed by atoms with E-state index in [0.717, 1.165) is 69.3 Å². The molecule has 2 fully saturated rings. The summed E-state index contributed by atoms with van der Waals surface area (Å²) in [5.74, 6) is 2.19. The number of methoxy groups -OCH3 is 1. The van der Waals surface area contributed by atoms with Crippen LogP contribution in [0.2, 0.25) is 18.1 Å². The van der Waals surface area contributed by atoms with Gasteiger partial charge < -0.3 is 14.1 Å². The molecule has 0 aromatic heterocycles. The molecular formula is C35H50N2O3Si. The molecule has 0 bridgehead atoms. The topological polar surface area (TPSA) is 62.6 Å². The van der Waals surface area contributed by atoms with Crippen LogP contribution < -0.4 is 9.64 Å². The van der Waals surface area contributed by atoms with Gasteiger partial charge in [-0.1, -0.05) is 39.0 Å². The van der Waals surface area contributed by atoms with E-state index in [1.54, 1.807) is 7.11 Å². The number of carbonyl (C=O) groups excluding carboxylic acids is 1. The fourth-order valence-corrected chi connectivity index (χ4v) is 7.82. The number of nitriles is 1. The number of hydrogen-bond donors (Lipinski definition) is 0. The predicted molar refractivity (Wildman–Crippen MR) is 170 cm³/mol. The molecule has 0 spiro atoms. The van der Waals surface area contributed by atoms with Gasteiger partial charge in [0.15, 0.2) is 8.32 Å². The number of anilines is 1. The van der Waals surface area contributed by atoms with Crippen LogP contribution in [0.15, 0.2) is 42.5 Å². The molecule has 2 saturated carbocycles. The van der Waals surface area contributed by atoms with Crippen molar-refractivity contribution in [2.45, 2.75) is 109 Å². The number of hydrogen-bond acceptors (Lipinski definition) is 4. The zero-order chi connectivity index (χ0) is 29.8. The van der Waals surface area contributed by atoms with Crippen molar-refractivity contribution >= 4 is 19.9 Å². The van der Waals surface area contributed by atoms with Crippen LogP contribution in [0.4, 0.5) is 5.69 Å². The lowest BCUT2D eigenvalue weighted by atomic mass is 9.78. The minimum atomic E-state index is -1.83. The number of ether oxygens (including phenoxy) is 1. The van der Waals surface area contributed by atoms with E-state index in [9.17, 15) is 10.1 Å². The molecule has 0 heterocycles. The van der Waals surface area contributed by atoms with Gasteiger partial charge in [0.2, 0.25) is 5.91 Å². The summed E-state index contributed by atoms with van der Waals surface area (Å²) in [4.78, 5) is 16.1. The first kappa shape index (κ1) is 31.3. The fourth-order valence-electron chi connectivity index (χ4n) is 6.40. The molecule has 41 heavy (non-hydrogen) atoms. The lowest BCUT2D eigenvalue weighted by Gasteiger charge is -2.41. The maximum atomic E-state index is 14.1. The molecule has 0 N–H and O–H groups in total. The third-order valence-electron chi connectivity index (χ3n) is 10.0. The third-order valence-corrected chi connectivity index (χ3v) is 14.6. The van der Waals surface area contributed by atoms with E-state index in [4.69, 9.17) is 9.16 Å². The second-order valence-electron chi connectivity index (χ2n) is 13.9. The summed E-state index contributed by atoms with van der Waals surface area (Å²) in [6, 6.07) is 16.4. The molecule has 0 unspecified atom stereocenters. The molecule has 2 aliphatic carbocycles. The number of aryl methyl sites for hydroxylation is 1. The van der Waals surface area contributed by atoms with Gasteiger partial charge in [-0.2, -0.15) is 5.26 Å². The largest absolute Gasteiger partial charge is 0.496 e.